The van der Waals surface area contributed by atoms with Crippen molar-refractivity contribution in [3.05, 3.63) is 51.4 Å². The van der Waals surface area contributed by atoms with Crippen LogP contribution in [-0.4, -0.2) is 65.0 Å². The Morgan fingerprint density at radius 3 is 2.44 bits per heavy atom. The minimum atomic E-state index is -0.590. The summed E-state index contributed by atoms with van der Waals surface area (Å²) in [4.78, 5) is 29.8. The summed E-state index contributed by atoms with van der Waals surface area (Å²) in [6.45, 7) is 4.16. The van der Waals surface area contributed by atoms with Crippen LogP contribution in [0.1, 0.15) is 18.4 Å². The summed E-state index contributed by atoms with van der Waals surface area (Å²) in [6.07, 6.45) is 4.73. The first-order chi connectivity index (χ1) is 15.5. The van der Waals surface area contributed by atoms with Gasteiger partial charge >= 0.3 is 0 Å². The van der Waals surface area contributed by atoms with E-state index in [0.717, 1.165) is 42.7 Å². The number of nitrogens with zero attached hydrogens (tertiary/aromatic N) is 4. The van der Waals surface area contributed by atoms with Crippen molar-refractivity contribution < 1.29 is 4.79 Å². The SMILES string of the molecule is O=C(N1CCN(c2ncnc3[nH]cc(Cl)c23)CC1)C1(c2ccc(Cl)c(Cl)c2)CCNCC1. The molecule has 4 heterocycles. The third kappa shape index (κ3) is 3.71. The molecule has 5 rings (SSSR count). The number of hydrogen-bond donors (Lipinski definition) is 2. The molecule has 0 bridgehead atoms. The van der Waals surface area contributed by atoms with E-state index >= 15 is 0 Å². The number of carbonyl (C=O) groups excluding carboxylic acids is 1. The van der Waals surface area contributed by atoms with Gasteiger partial charge in [0.1, 0.15) is 17.8 Å². The predicted molar refractivity (Wildman–Crippen MR) is 128 cm³/mol. The zero-order valence-corrected chi connectivity index (χ0v) is 19.6. The number of nitrogens with one attached hydrogen (secondary N) is 2. The van der Waals surface area contributed by atoms with E-state index in [4.69, 9.17) is 34.8 Å². The Bertz CT molecular complexity index is 1150. The van der Waals surface area contributed by atoms with Gasteiger partial charge < -0.3 is 20.1 Å². The number of anilines is 1. The number of benzene rings is 1. The second-order valence-electron chi connectivity index (χ2n) is 8.30. The molecular weight excluding hydrogens is 471 g/mol. The second-order valence-corrected chi connectivity index (χ2v) is 9.52. The molecule has 0 aliphatic carbocycles. The van der Waals surface area contributed by atoms with E-state index < -0.39 is 5.41 Å². The van der Waals surface area contributed by atoms with Crippen LogP contribution >= 0.6 is 34.8 Å². The number of amides is 1. The maximum atomic E-state index is 13.9. The van der Waals surface area contributed by atoms with Crippen LogP contribution in [0.3, 0.4) is 0 Å². The molecular formula is C22H23Cl3N6O. The van der Waals surface area contributed by atoms with Gasteiger partial charge in [0.25, 0.3) is 0 Å². The molecule has 10 heteroatoms. The number of hydrogen-bond acceptors (Lipinski definition) is 5. The van der Waals surface area contributed by atoms with Crippen LogP contribution in [0.4, 0.5) is 5.82 Å². The molecule has 2 fully saturated rings. The summed E-state index contributed by atoms with van der Waals surface area (Å²) >= 11 is 18.8. The van der Waals surface area contributed by atoms with E-state index in [1.807, 2.05) is 17.0 Å². The van der Waals surface area contributed by atoms with Crippen LogP contribution < -0.4 is 10.2 Å². The highest BCUT2D eigenvalue weighted by Crippen LogP contribution is 2.39. The van der Waals surface area contributed by atoms with E-state index in [1.54, 1.807) is 12.3 Å². The fourth-order valence-corrected chi connectivity index (χ4v) is 5.37. The van der Waals surface area contributed by atoms with Crippen molar-refractivity contribution >= 4 is 57.6 Å². The Balaban J connectivity index is 1.38. The van der Waals surface area contributed by atoms with Crippen LogP contribution in [0, 0.1) is 0 Å². The van der Waals surface area contributed by atoms with Gasteiger partial charge in [-0.05, 0) is 43.6 Å². The van der Waals surface area contributed by atoms with E-state index in [2.05, 4.69) is 25.2 Å². The molecule has 32 heavy (non-hydrogen) atoms. The van der Waals surface area contributed by atoms with Crippen molar-refractivity contribution in [3.8, 4) is 0 Å². The zero-order valence-electron chi connectivity index (χ0n) is 17.4. The molecule has 7 nitrogen and oxygen atoms in total. The maximum absolute atomic E-state index is 13.9. The molecule has 2 aromatic heterocycles. The summed E-state index contributed by atoms with van der Waals surface area (Å²) in [7, 11) is 0. The maximum Gasteiger partial charge on any atom is 0.233 e. The Morgan fingerprint density at radius 2 is 1.72 bits per heavy atom. The smallest absolute Gasteiger partial charge is 0.233 e. The molecule has 0 spiro atoms. The first-order valence-electron chi connectivity index (χ1n) is 10.7. The van der Waals surface area contributed by atoms with Gasteiger partial charge in [-0.15, -0.1) is 0 Å². The molecule has 0 atom stereocenters. The van der Waals surface area contributed by atoms with Gasteiger partial charge in [-0.3, -0.25) is 4.79 Å². The number of aromatic amines is 1. The largest absolute Gasteiger partial charge is 0.352 e. The van der Waals surface area contributed by atoms with Crippen molar-refractivity contribution in [1.29, 1.82) is 0 Å². The number of piperidine rings is 1. The van der Waals surface area contributed by atoms with Gasteiger partial charge in [0.05, 0.1) is 25.9 Å². The third-order valence-corrected chi connectivity index (χ3v) is 7.64. The third-order valence-electron chi connectivity index (χ3n) is 6.61. The highest BCUT2D eigenvalue weighted by Gasteiger charge is 2.44. The number of H-pyrrole nitrogens is 1. The molecule has 0 unspecified atom stereocenters. The van der Waals surface area contributed by atoms with Gasteiger partial charge in [-0.25, -0.2) is 9.97 Å². The summed E-state index contributed by atoms with van der Waals surface area (Å²) in [5.74, 6) is 0.957. The molecule has 2 saturated heterocycles. The van der Waals surface area contributed by atoms with Crippen LogP contribution in [-0.2, 0) is 10.2 Å². The van der Waals surface area contributed by atoms with E-state index in [9.17, 15) is 4.79 Å². The van der Waals surface area contributed by atoms with Gasteiger partial charge in [0, 0.05) is 32.4 Å². The zero-order chi connectivity index (χ0) is 22.3. The standard InChI is InChI=1S/C22H23Cl3N6O/c23-15-2-1-14(11-16(15)24)22(3-5-26-6-4-22)21(32)31-9-7-30(8-10-31)20-18-17(25)12-27-19(18)28-13-29-20/h1-2,11-13,26H,3-10H2,(H,27,28,29). The molecule has 2 aliphatic rings. The number of rotatable bonds is 3. The van der Waals surface area contributed by atoms with Crippen LogP contribution in [0.2, 0.25) is 15.1 Å². The molecule has 3 aromatic rings. The summed E-state index contributed by atoms with van der Waals surface area (Å²) < 4.78 is 0. The molecule has 2 aliphatic heterocycles. The van der Waals surface area contributed by atoms with Gasteiger partial charge in [-0.2, -0.15) is 0 Å². The first kappa shape index (κ1) is 21.8. The van der Waals surface area contributed by atoms with Gasteiger partial charge in [-0.1, -0.05) is 40.9 Å². The number of carbonyl (C=O) groups is 1. The predicted octanol–water partition coefficient (Wildman–Crippen LogP) is 3.89. The lowest BCUT2D eigenvalue weighted by molar-refractivity contribution is -0.139. The Kier molecular flexibility index (Phi) is 5.92. The molecule has 0 radical (unpaired) electrons. The number of piperazine rings is 1. The van der Waals surface area contributed by atoms with Crippen molar-refractivity contribution in [2.24, 2.45) is 0 Å². The number of halogens is 3. The van der Waals surface area contributed by atoms with Crippen molar-refractivity contribution in [2.45, 2.75) is 18.3 Å². The quantitative estimate of drug-likeness (QED) is 0.579. The number of aromatic nitrogens is 3. The average Bonchev–Trinajstić information content (AvgIpc) is 3.22. The average molecular weight is 494 g/mol. The molecule has 0 saturated carbocycles. The normalized spacial score (nSPS) is 18.8. The van der Waals surface area contributed by atoms with Crippen molar-refractivity contribution in [1.82, 2.24) is 25.2 Å². The highest BCUT2D eigenvalue weighted by molar-refractivity contribution is 6.42. The fourth-order valence-electron chi connectivity index (χ4n) is 4.85. The minimum Gasteiger partial charge on any atom is -0.352 e. The van der Waals surface area contributed by atoms with Gasteiger partial charge in [0.15, 0.2) is 0 Å². The Morgan fingerprint density at radius 1 is 0.969 bits per heavy atom. The van der Waals surface area contributed by atoms with Gasteiger partial charge in [0.2, 0.25) is 5.91 Å². The second kappa shape index (κ2) is 8.71. The minimum absolute atomic E-state index is 0.157. The lowest BCUT2D eigenvalue weighted by Crippen LogP contribution is -2.57. The Labute approximate surface area is 201 Å². The lowest BCUT2D eigenvalue weighted by atomic mass is 9.72. The summed E-state index contributed by atoms with van der Waals surface area (Å²) in [5.41, 5.74) is 1.07. The summed E-state index contributed by atoms with van der Waals surface area (Å²) in [5, 5.41) is 5.77. The molecule has 1 amide bonds. The monoisotopic (exact) mass is 492 g/mol. The molecule has 2 N–H and O–H groups in total. The van der Waals surface area contributed by atoms with Crippen LogP contribution in [0.15, 0.2) is 30.7 Å². The van der Waals surface area contributed by atoms with Crippen molar-refractivity contribution in [3.63, 3.8) is 0 Å². The van der Waals surface area contributed by atoms with E-state index in [1.165, 1.54) is 6.33 Å². The lowest BCUT2D eigenvalue weighted by Gasteiger charge is -2.43. The van der Waals surface area contributed by atoms with Crippen molar-refractivity contribution in [2.75, 3.05) is 44.2 Å². The fraction of sp³-hybridized carbons (Fsp3) is 0.409. The summed E-state index contributed by atoms with van der Waals surface area (Å²) in [6, 6.07) is 5.59. The molecule has 1 aromatic carbocycles. The van der Waals surface area contributed by atoms with E-state index in [-0.39, 0.29) is 5.91 Å². The highest BCUT2D eigenvalue weighted by atomic mass is 35.5. The van der Waals surface area contributed by atoms with E-state index in [0.29, 0.717) is 46.9 Å². The van der Waals surface area contributed by atoms with Crippen LogP contribution in [0.5, 0.6) is 0 Å². The number of fused-ring (bicyclic) bond motifs is 1. The molecule has 168 valence electrons. The topological polar surface area (TPSA) is 77.2 Å². The first-order valence-corrected chi connectivity index (χ1v) is 11.8. The van der Waals surface area contributed by atoms with Crippen LogP contribution in [0.25, 0.3) is 11.0 Å². The Hall–Kier alpha value is -2.06.